The molecular weight excluding hydrogens is 115 g/mol. The first-order valence-corrected chi connectivity index (χ1v) is 2.31. The van der Waals surface area contributed by atoms with Gasteiger partial charge in [-0.3, -0.25) is 0 Å². The summed E-state index contributed by atoms with van der Waals surface area (Å²) in [6.45, 7) is 3.47. The molecule has 0 bridgehead atoms. The molecule has 0 fully saturated rings. The molecule has 0 aliphatic rings. The third-order valence-corrected chi connectivity index (χ3v) is 0.547. The van der Waals surface area contributed by atoms with Gasteiger partial charge < -0.3 is 0 Å². The van der Waals surface area contributed by atoms with Crippen molar-refractivity contribution < 1.29 is 15.6 Å². The fourth-order valence-electron chi connectivity index (χ4n) is 0.121. The number of rotatable bonds is 2. The molecule has 0 aromatic carbocycles. The van der Waals surface area contributed by atoms with E-state index in [1.165, 1.54) is 0 Å². The predicted octanol–water partition coefficient (Wildman–Crippen LogP) is 1.08. The van der Waals surface area contributed by atoms with Gasteiger partial charge in [-0.2, -0.15) is 0 Å². The van der Waals surface area contributed by atoms with Crippen LogP contribution < -0.4 is 0 Å². The molecule has 0 radical (unpaired) electrons. The van der Waals surface area contributed by atoms with E-state index in [0.29, 0.717) is 0 Å². The van der Waals surface area contributed by atoms with Crippen molar-refractivity contribution in [2.24, 2.45) is 0 Å². The Morgan fingerprint density at radius 1 is 1.33 bits per heavy atom. The normalized spacial score (nSPS) is 8.67. The Balaban J connectivity index is 3.17. The van der Waals surface area contributed by atoms with Gasteiger partial charge in [0.1, 0.15) is 0 Å². The summed E-state index contributed by atoms with van der Waals surface area (Å²) in [5, 5.41) is 0. The maximum absolute atomic E-state index is 3.47. The van der Waals surface area contributed by atoms with Gasteiger partial charge in [-0.1, -0.05) is 0 Å². The molecule has 0 spiro atoms. The molecule has 33 valence electrons. The van der Waals surface area contributed by atoms with Gasteiger partial charge in [0, 0.05) is 0 Å². The van der Waals surface area contributed by atoms with Gasteiger partial charge in [0.15, 0.2) is 0 Å². The van der Waals surface area contributed by atoms with Crippen LogP contribution in [0.3, 0.4) is 0 Å². The predicted molar refractivity (Wildman–Crippen MR) is 25.4 cm³/mol. The van der Waals surface area contributed by atoms with E-state index in [-0.39, 0.29) is 0 Å². The molecule has 0 aromatic rings. The van der Waals surface area contributed by atoms with Gasteiger partial charge >= 0.3 is 45.3 Å². The Labute approximate surface area is 45.9 Å². The first kappa shape index (κ1) is 5.87. The van der Waals surface area contributed by atoms with E-state index in [1.54, 1.807) is 11.0 Å². The minimum absolute atomic E-state index is 1.72. The zero-order chi connectivity index (χ0) is 4.83. The molecule has 0 aliphatic carbocycles. The van der Waals surface area contributed by atoms with E-state index in [4.69, 9.17) is 0 Å². The van der Waals surface area contributed by atoms with Crippen LogP contribution in [0.5, 0.6) is 0 Å². The van der Waals surface area contributed by atoms with Crippen molar-refractivity contribution in [3.05, 3.63) is 24.8 Å². The summed E-state index contributed by atoms with van der Waals surface area (Å²) in [6, 6.07) is 0. The third kappa shape index (κ3) is 3.87. The summed E-state index contributed by atoms with van der Waals surface area (Å²) in [4.78, 5) is 1.77. The average molecular weight is 121 g/mol. The molecule has 0 heterocycles. The van der Waals surface area contributed by atoms with Crippen molar-refractivity contribution in [1.82, 2.24) is 0 Å². The molecule has 0 aromatic heterocycles. The zero-order valence-electron chi connectivity index (χ0n) is 3.39. The van der Waals surface area contributed by atoms with Gasteiger partial charge in [0.25, 0.3) is 0 Å². The van der Waals surface area contributed by atoms with Crippen LogP contribution in [0.15, 0.2) is 24.8 Å². The molecule has 0 amide bonds. The Kier molecular flexibility index (Phi) is 4.76. The molecule has 0 nitrogen and oxygen atoms in total. The van der Waals surface area contributed by atoms with Gasteiger partial charge in [0.2, 0.25) is 0 Å². The SMILES string of the molecule is C=C/C=C\[CH]=[Mn]. The summed E-state index contributed by atoms with van der Waals surface area (Å²) in [7, 11) is 0. The molecule has 1 heteroatoms. The summed E-state index contributed by atoms with van der Waals surface area (Å²) in [5.74, 6) is 0. The van der Waals surface area contributed by atoms with E-state index in [2.05, 4.69) is 22.2 Å². The second-order valence-corrected chi connectivity index (χ2v) is 1.14. The van der Waals surface area contributed by atoms with E-state index >= 15 is 0 Å². The molecular formula is C5H6Mn. The topological polar surface area (TPSA) is 0 Å². The Bertz CT molecular complexity index is 62.0. The zero-order valence-corrected chi connectivity index (χ0v) is 4.57. The van der Waals surface area contributed by atoms with E-state index in [9.17, 15) is 0 Å². The van der Waals surface area contributed by atoms with Crippen molar-refractivity contribution in [3.63, 3.8) is 0 Å². The molecule has 0 N–H and O–H groups in total. The number of hydrogen-bond acceptors (Lipinski definition) is 0. The Morgan fingerprint density at radius 2 is 2.00 bits per heavy atom. The molecule has 0 atom stereocenters. The first-order valence-electron chi connectivity index (χ1n) is 1.63. The number of allylic oxidation sites excluding steroid dienone is 3. The standard InChI is InChI=1S/C5H6.Mn/c1-3-5-4-2;/h1,3-5H,2H2;/b5-3-;. The van der Waals surface area contributed by atoms with Crippen molar-refractivity contribution in [2.45, 2.75) is 0 Å². The second kappa shape index (κ2) is 4.87. The van der Waals surface area contributed by atoms with Crippen LogP contribution in [0.2, 0.25) is 0 Å². The second-order valence-electron chi connectivity index (χ2n) is 0.747. The van der Waals surface area contributed by atoms with Crippen LogP contribution >= 0.6 is 0 Å². The summed E-state index contributed by atoms with van der Waals surface area (Å²) >= 11 is 3.09. The fraction of sp³-hybridized carbons (Fsp3) is 0. The van der Waals surface area contributed by atoms with Crippen LogP contribution in [0.25, 0.3) is 0 Å². The van der Waals surface area contributed by atoms with E-state index < -0.39 is 0 Å². The van der Waals surface area contributed by atoms with Crippen LogP contribution in [0.4, 0.5) is 0 Å². The first-order chi connectivity index (χ1) is 2.91. The van der Waals surface area contributed by atoms with Crippen LogP contribution in [-0.4, -0.2) is 4.92 Å². The molecule has 0 saturated carbocycles. The molecule has 0 rings (SSSR count). The summed E-state index contributed by atoms with van der Waals surface area (Å²) in [5.41, 5.74) is 0. The van der Waals surface area contributed by atoms with E-state index in [0.717, 1.165) is 0 Å². The van der Waals surface area contributed by atoms with Crippen molar-refractivity contribution in [2.75, 3.05) is 0 Å². The monoisotopic (exact) mass is 121 g/mol. The van der Waals surface area contributed by atoms with Crippen molar-refractivity contribution >= 4 is 4.92 Å². The van der Waals surface area contributed by atoms with Gasteiger partial charge in [-0.15, -0.1) is 0 Å². The summed E-state index contributed by atoms with van der Waals surface area (Å²) < 4.78 is 0. The quantitative estimate of drug-likeness (QED) is 0.378. The molecule has 0 saturated heterocycles. The van der Waals surface area contributed by atoms with Gasteiger partial charge in [-0.05, 0) is 0 Å². The number of hydrogen-bond donors (Lipinski definition) is 0. The molecule has 0 unspecified atom stereocenters. The Hall–Kier alpha value is -0.131. The molecule has 0 aliphatic heterocycles. The van der Waals surface area contributed by atoms with Crippen LogP contribution in [0.1, 0.15) is 0 Å². The summed E-state index contributed by atoms with van der Waals surface area (Å²) in [6.07, 6.45) is 5.42. The van der Waals surface area contributed by atoms with Gasteiger partial charge in [-0.25, -0.2) is 0 Å². The van der Waals surface area contributed by atoms with Crippen molar-refractivity contribution in [3.8, 4) is 0 Å². The van der Waals surface area contributed by atoms with Gasteiger partial charge in [0.05, 0.1) is 0 Å². The fourth-order valence-corrected chi connectivity index (χ4v) is 0.252. The third-order valence-electron chi connectivity index (χ3n) is 0.320. The maximum atomic E-state index is 3.47. The van der Waals surface area contributed by atoms with Crippen molar-refractivity contribution in [1.29, 1.82) is 0 Å². The van der Waals surface area contributed by atoms with Crippen LogP contribution in [-0.2, 0) is 15.6 Å². The minimum atomic E-state index is 1.72. The van der Waals surface area contributed by atoms with E-state index in [1.807, 2.05) is 12.2 Å². The average Bonchev–Trinajstić information content (AvgIpc) is 1.61. The van der Waals surface area contributed by atoms with Crippen LogP contribution in [0, 0.1) is 0 Å². The molecule has 6 heavy (non-hydrogen) atoms. The Morgan fingerprint density at radius 3 is 2.17 bits per heavy atom.